The number of rotatable bonds is 6. The molecule has 0 radical (unpaired) electrons. The Bertz CT molecular complexity index is 1240. The number of aryl methyl sites for hydroxylation is 2. The summed E-state index contributed by atoms with van der Waals surface area (Å²) < 4.78 is 5.26. The Hall–Kier alpha value is -3.74. The van der Waals surface area contributed by atoms with Gasteiger partial charge in [-0.1, -0.05) is 47.1 Å². The van der Waals surface area contributed by atoms with E-state index in [0.717, 1.165) is 22.0 Å². The van der Waals surface area contributed by atoms with Gasteiger partial charge in [0.05, 0.1) is 11.6 Å². The van der Waals surface area contributed by atoms with E-state index in [9.17, 15) is 9.59 Å². The monoisotopic (exact) mass is 402 g/mol. The normalized spacial score (nSPS) is 12.1. The lowest BCUT2D eigenvalue weighted by Crippen LogP contribution is -2.26. The van der Waals surface area contributed by atoms with E-state index in [-0.39, 0.29) is 29.8 Å². The quantitative estimate of drug-likeness (QED) is 0.512. The summed E-state index contributed by atoms with van der Waals surface area (Å²) in [6.07, 6.45) is 0.511. The molecule has 2 N–H and O–H groups in total. The third-order valence-electron chi connectivity index (χ3n) is 4.95. The summed E-state index contributed by atoms with van der Waals surface area (Å²) >= 11 is 0. The number of carbonyl (C=O) groups excluding carboxylic acids is 1. The van der Waals surface area contributed by atoms with Gasteiger partial charge in [-0.2, -0.15) is 4.98 Å². The first-order chi connectivity index (χ1) is 14.5. The largest absolute Gasteiger partial charge is 0.350 e. The predicted octanol–water partition coefficient (Wildman–Crippen LogP) is 3.70. The molecule has 0 fully saturated rings. The van der Waals surface area contributed by atoms with Gasteiger partial charge in [0.15, 0.2) is 0 Å². The zero-order chi connectivity index (χ0) is 21.1. The first-order valence-corrected chi connectivity index (χ1v) is 9.80. The van der Waals surface area contributed by atoms with Crippen molar-refractivity contribution in [2.75, 3.05) is 0 Å². The molecule has 2 aromatic carbocycles. The number of pyridine rings is 1. The van der Waals surface area contributed by atoms with E-state index in [0.29, 0.717) is 17.9 Å². The average molecular weight is 402 g/mol. The number of carbonyl (C=O) groups is 1. The van der Waals surface area contributed by atoms with Crippen LogP contribution in [-0.4, -0.2) is 21.0 Å². The Kier molecular flexibility index (Phi) is 5.43. The fraction of sp³-hybridized carbons (Fsp3) is 0.217. The SMILES string of the molecule is Cc1ccc2[nH]c(=O)c(-c3noc(CCC(=O)N[C@@H](C)c4ccccc4)n3)cc2c1. The van der Waals surface area contributed by atoms with E-state index < -0.39 is 0 Å². The molecule has 0 bridgehead atoms. The van der Waals surface area contributed by atoms with Crippen molar-refractivity contribution >= 4 is 16.8 Å². The molecule has 7 nitrogen and oxygen atoms in total. The fourth-order valence-corrected chi connectivity index (χ4v) is 3.32. The Morgan fingerprint density at radius 2 is 1.97 bits per heavy atom. The number of nitrogens with one attached hydrogen (secondary N) is 2. The van der Waals surface area contributed by atoms with Gasteiger partial charge in [-0.3, -0.25) is 9.59 Å². The van der Waals surface area contributed by atoms with Gasteiger partial charge < -0.3 is 14.8 Å². The summed E-state index contributed by atoms with van der Waals surface area (Å²) in [5, 5.41) is 7.77. The lowest BCUT2D eigenvalue weighted by molar-refractivity contribution is -0.121. The van der Waals surface area contributed by atoms with Gasteiger partial charge >= 0.3 is 0 Å². The molecule has 2 heterocycles. The van der Waals surface area contributed by atoms with Gasteiger partial charge in [0.25, 0.3) is 5.56 Å². The van der Waals surface area contributed by atoms with Crippen LogP contribution in [0.5, 0.6) is 0 Å². The summed E-state index contributed by atoms with van der Waals surface area (Å²) in [6.45, 7) is 3.92. The average Bonchev–Trinajstić information content (AvgIpc) is 3.21. The lowest BCUT2D eigenvalue weighted by Gasteiger charge is -2.13. The number of aromatic amines is 1. The third-order valence-corrected chi connectivity index (χ3v) is 4.95. The molecule has 0 aliphatic heterocycles. The van der Waals surface area contributed by atoms with Crippen LogP contribution < -0.4 is 10.9 Å². The molecule has 2 aromatic heterocycles. The molecule has 7 heteroatoms. The zero-order valence-corrected chi connectivity index (χ0v) is 16.8. The number of H-pyrrole nitrogens is 1. The molecule has 0 aliphatic rings. The van der Waals surface area contributed by atoms with Crippen LogP contribution in [0.4, 0.5) is 0 Å². The Labute approximate surface area is 173 Å². The number of benzene rings is 2. The molecule has 4 rings (SSSR count). The van der Waals surface area contributed by atoms with Crippen LogP contribution in [0.3, 0.4) is 0 Å². The van der Waals surface area contributed by atoms with Crippen LogP contribution in [0.2, 0.25) is 0 Å². The van der Waals surface area contributed by atoms with Crippen molar-refractivity contribution in [2.45, 2.75) is 32.7 Å². The maximum absolute atomic E-state index is 12.4. The minimum Gasteiger partial charge on any atom is -0.350 e. The highest BCUT2D eigenvalue weighted by Gasteiger charge is 2.15. The molecular formula is C23H22N4O3. The first-order valence-electron chi connectivity index (χ1n) is 9.80. The van der Waals surface area contributed by atoms with Crippen molar-refractivity contribution in [2.24, 2.45) is 0 Å². The van der Waals surface area contributed by atoms with Crippen molar-refractivity contribution in [3.05, 3.63) is 82.0 Å². The van der Waals surface area contributed by atoms with Gasteiger partial charge in [-0.15, -0.1) is 0 Å². The van der Waals surface area contributed by atoms with Crippen molar-refractivity contribution in [3.63, 3.8) is 0 Å². The smallest absolute Gasteiger partial charge is 0.259 e. The highest BCUT2D eigenvalue weighted by atomic mass is 16.5. The second kappa shape index (κ2) is 8.32. The molecule has 4 aromatic rings. The van der Waals surface area contributed by atoms with Gasteiger partial charge in [0, 0.05) is 18.4 Å². The van der Waals surface area contributed by atoms with Crippen LogP contribution in [0.25, 0.3) is 22.3 Å². The maximum atomic E-state index is 12.4. The van der Waals surface area contributed by atoms with Gasteiger partial charge in [-0.25, -0.2) is 0 Å². The number of fused-ring (bicyclic) bond motifs is 1. The second-order valence-corrected chi connectivity index (χ2v) is 7.31. The molecule has 30 heavy (non-hydrogen) atoms. The lowest BCUT2D eigenvalue weighted by atomic mass is 10.1. The standard InChI is InChI=1S/C23H22N4O3/c1-14-8-9-19-17(12-14)13-18(23(29)25-19)22-26-21(30-27-22)11-10-20(28)24-15(2)16-6-4-3-5-7-16/h3-9,12-13,15H,10-11H2,1-2H3,(H,24,28)(H,25,29)/t15-/m0/s1. The van der Waals surface area contributed by atoms with Crippen LogP contribution in [0.15, 0.2) is 63.9 Å². The molecule has 1 atom stereocenters. The molecule has 0 saturated heterocycles. The summed E-state index contributed by atoms with van der Waals surface area (Å²) in [5.74, 6) is 0.425. The minimum absolute atomic E-state index is 0.0865. The number of hydrogen-bond donors (Lipinski definition) is 2. The van der Waals surface area contributed by atoms with Gasteiger partial charge in [-0.05, 0) is 43.0 Å². The summed E-state index contributed by atoms with van der Waals surface area (Å²) in [4.78, 5) is 31.8. The van der Waals surface area contributed by atoms with E-state index in [1.807, 2.05) is 62.4 Å². The molecule has 0 saturated carbocycles. The molecule has 0 aliphatic carbocycles. The number of hydrogen-bond acceptors (Lipinski definition) is 5. The van der Waals surface area contributed by atoms with E-state index in [1.165, 1.54) is 0 Å². The molecule has 152 valence electrons. The van der Waals surface area contributed by atoms with Crippen LogP contribution in [0.1, 0.15) is 36.4 Å². The van der Waals surface area contributed by atoms with E-state index in [4.69, 9.17) is 4.52 Å². The highest BCUT2D eigenvalue weighted by Crippen LogP contribution is 2.19. The summed E-state index contributed by atoms with van der Waals surface area (Å²) in [6, 6.07) is 17.2. The Morgan fingerprint density at radius 3 is 2.77 bits per heavy atom. The van der Waals surface area contributed by atoms with Crippen LogP contribution in [-0.2, 0) is 11.2 Å². The fourth-order valence-electron chi connectivity index (χ4n) is 3.32. The third kappa shape index (κ3) is 4.30. The van der Waals surface area contributed by atoms with Crippen molar-refractivity contribution in [3.8, 4) is 11.4 Å². The minimum atomic E-state index is -0.284. The van der Waals surface area contributed by atoms with Crippen molar-refractivity contribution in [1.82, 2.24) is 20.4 Å². The van der Waals surface area contributed by atoms with Crippen LogP contribution in [0, 0.1) is 6.92 Å². The van der Waals surface area contributed by atoms with Gasteiger partial charge in [0.2, 0.25) is 17.6 Å². The second-order valence-electron chi connectivity index (χ2n) is 7.31. The van der Waals surface area contributed by atoms with E-state index >= 15 is 0 Å². The molecule has 0 unspecified atom stereocenters. The van der Waals surface area contributed by atoms with E-state index in [1.54, 1.807) is 6.07 Å². The van der Waals surface area contributed by atoms with Crippen molar-refractivity contribution < 1.29 is 9.32 Å². The number of aromatic nitrogens is 3. The van der Waals surface area contributed by atoms with Crippen molar-refractivity contribution in [1.29, 1.82) is 0 Å². The number of nitrogens with zero attached hydrogens (tertiary/aromatic N) is 2. The zero-order valence-electron chi connectivity index (χ0n) is 16.8. The predicted molar refractivity (Wildman–Crippen MR) is 114 cm³/mol. The number of amides is 1. The molecule has 1 amide bonds. The van der Waals surface area contributed by atoms with Gasteiger partial charge in [0.1, 0.15) is 0 Å². The first kappa shape index (κ1) is 19.6. The maximum Gasteiger partial charge on any atom is 0.259 e. The van der Waals surface area contributed by atoms with E-state index in [2.05, 4.69) is 20.4 Å². The van der Waals surface area contributed by atoms with Crippen LogP contribution >= 0.6 is 0 Å². The molecular weight excluding hydrogens is 380 g/mol. The Morgan fingerprint density at radius 1 is 1.17 bits per heavy atom. The topological polar surface area (TPSA) is 101 Å². The Balaban J connectivity index is 1.43. The summed E-state index contributed by atoms with van der Waals surface area (Å²) in [5.41, 5.74) is 2.93. The highest BCUT2D eigenvalue weighted by molar-refractivity contribution is 5.83. The molecule has 0 spiro atoms. The summed E-state index contributed by atoms with van der Waals surface area (Å²) in [7, 11) is 0.